The standard InChI is InChI=1S/C24H28N4O2S/c1-30-20-8-5-9-21-22(20)25-24(31-21)28-16-19(17-28)23(29)27-14-12-26(13-15-27)11-10-18-6-3-2-4-7-18/h2-9,19H,10-17H2,1H3. The van der Waals surface area contributed by atoms with Crippen molar-refractivity contribution in [2.75, 3.05) is 57.8 Å². The molecule has 2 aliphatic rings. The van der Waals surface area contributed by atoms with Crippen molar-refractivity contribution in [3.8, 4) is 5.75 Å². The Morgan fingerprint density at radius 1 is 1.06 bits per heavy atom. The molecule has 0 saturated carbocycles. The second kappa shape index (κ2) is 8.85. The molecule has 1 aromatic heterocycles. The van der Waals surface area contributed by atoms with E-state index in [0.29, 0.717) is 5.91 Å². The number of amides is 1. The maximum atomic E-state index is 13.0. The first-order chi connectivity index (χ1) is 15.2. The molecule has 162 valence electrons. The summed E-state index contributed by atoms with van der Waals surface area (Å²) in [5.74, 6) is 1.20. The molecule has 3 aromatic rings. The molecule has 31 heavy (non-hydrogen) atoms. The molecule has 7 heteroatoms. The Labute approximate surface area is 187 Å². The van der Waals surface area contributed by atoms with Crippen LogP contribution in [0.25, 0.3) is 10.2 Å². The van der Waals surface area contributed by atoms with Crippen LogP contribution in [0.5, 0.6) is 5.75 Å². The molecule has 0 atom stereocenters. The molecule has 0 unspecified atom stereocenters. The van der Waals surface area contributed by atoms with Gasteiger partial charge in [-0.15, -0.1) is 0 Å². The number of hydrogen-bond acceptors (Lipinski definition) is 6. The molecule has 1 amide bonds. The van der Waals surface area contributed by atoms with Gasteiger partial charge in [-0.2, -0.15) is 0 Å². The van der Waals surface area contributed by atoms with Crippen LogP contribution in [0.15, 0.2) is 48.5 Å². The highest BCUT2D eigenvalue weighted by molar-refractivity contribution is 7.22. The number of piperazine rings is 1. The van der Waals surface area contributed by atoms with Gasteiger partial charge in [-0.25, -0.2) is 4.98 Å². The molecule has 5 rings (SSSR count). The number of methoxy groups -OCH3 is 1. The molecule has 2 fully saturated rings. The predicted octanol–water partition coefficient (Wildman–Crippen LogP) is 3.13. The number of carbonyl (C=O) groups excluding carboxylic acids is 1. The number of anilines is 1. The average molecular weight is 437 g/mol. The van der Waals surface area contributed by atoms with Crippen LogP contribution in [0.2, 0.25) is 0 Å². The van der Waals surface area contributed by atoms with Crippen LogP contribution in [0, 0.1) is 5.92 Å². The molecule has 0 N–H and O–H groups in total. The number of para-hydroxylation sites is 1. The van der Waals surface area contributed by atoms with Gasteiger partial charge in [0.15, 0.2) is 5.13 Å². The summed E-state index contributed by atoms with van der Waals surface area (Å²) in [6.45, 7) is 6.18. The fourth-order valence-electron chi connectivity index (χ4n) is 4.38. The Hall–Kier alpha value is -2.64. The van der Waals surface area contributed by atoms with Crippen molar-refractivity contribution in [1.29, 1.82) is 0 Å². The van der Waals surface area contributed by atoms with E-state index >= 15 is 0 Å². The topological polar surface area (TPSA) is 48.9 Å². The lowest BCUT2D eigenvalue weighted by Gasteiger charge is -2.42. The minimum absolute atomic E-state index is 0.0878. The van der Waals surface area contributed by atoms with E-state index in [1.54, 1.807) is 18.4 Å². The zero-order valence-electron chi connectivity index (χ0n) is 17.9. The Bertz CT molecular complexity index is 1040. The van der Waals surface area contributed by atoms with Crippen LogP contribution >= 0.6 is 11.3 Å². The maximum Gasteiger partial charge on any atom is 0.229 e. The zero-order valence-corrected chi connectivity index (χ0v) is 18.7. The van der Waals surface area contributed by atoms with Crippen LogP contribution in [0.3, 0.4) is 0 Å². The van der Waals surface area contributed by atoms with E-state index < -0.39 is 0 Å². The van der Waals surface area contributed by atoms with Crippen molar-refractivity contribution in [3.05, 3.63) is 54.1 Å². The van der Waals surface area contributed by atoms with Crippen LogP contribution < -0.4 is 9.64 Å². The van der Waals surface area contributed by atoms with Crippen molar-refractivity contribution in [2.45, 2.75) is 6.42 Å². The third-order valence-electron chi connectivity index (χ3n) is 6.34. The highest BCUT2D eigenvalue weighted by Crippen LogP contribution is 2.36. The van der Waals surface area contributed by atoms with Crippen molar-refractivity contribution in [2.24, 2.45) is 5.92 Å². The molecule has 2 saturated heterocycles. The van der Waals surface area contributed by atoms with Gasteiger partial charge in [0.05, 0.1) is 17.7 Å². The molecule has 2 aromatic carbocycles. The lowest BCUT2D eigenvalue weighted by molar-refractivity contribution is -0.138. The fourth-order valence-corrected chi connectivity index (χ4v) is 5.39. The van der Waals surface area contributed by atoms with Crippen molar-refractivity contribution < 1.29 is 9.53 Å². The molecular weight excluding hydrogens is 408 g/mol. The Morgan fingerprint density at radius 3 is 2.58 bits per heavy atom. The van der Waals surface area contributed by atoms with Gasteiger partial charge in [0.25, 0.3) is 0 Å². The van der Waals surface area contributed by atoms with Gasteiger partial charge in [0.1, 0.15) is 11.3 Å². The van der Waals surface area contributed by atoms with Gasteiger partial charge in [-0.3, -0.25) is 9.69 Å². The Morgan fingerprint density at radius 2 is 1.84 bits per heavy atom. The van der Waals surface area contributed by atoms with Gasteiger partial charge in [0.2, 0.25) is 5.91 Å². The first-order valence-corrected chi connectivity index (χ1v) is 11.8. The van der Waals surface area contributed by atoms with Crippen molar-refractivity contribution in [3.63, 3.8) is 0 Å². The molecule has 6 nitrogen and oxygen atoms in total. The van der Waals surface area contributed by atoms with E-state index in [0.717, 1.165) is 73.3 Å². The largest absolute Gasteiger partial charge is 0.494 e. The van der Waals surface area contributed by atoms with E-state index in [4.69, 9.17) is 9.72 Å². The van der Waals surface area contributed by atoms with Gasteiger partial charge in [-0.1, -0.05) is 47.7 Å². The summed E-state index contributed by atoms with van der Waals surface area (Å²) in [7, 11) is 1.67. The number of carbonyl (C=O) groups is 1. The summed E-state index contributed by atoms with van der Waals surface area (Å²) < 4.78 is 6.54. The Kier molecular flexibility index (Phi) is 5.78. The second-order valence-electron chi connectivity index (χ2n) is 8.31. The minimum Gasteiger partial charge on any atom is -0.494 e. The van der Waals surface area contributed by atoms with Gasteiger partial charge < -0.3 is 14.5 Å². The summed E-state index contributed by atoms with van der Waals surface area (Å²) in [5, 5.41) is 0.981. The van der Waals surface area contributed by atoms with E-state index in [1.807, 2.05) is 12.1 Å². The third-order valence-corrected chi connectivity index (χ3v) is 7.42. The number of thiazole rings is 1. The molecule has 0 aliphatic carbocycles. The molecular formula is C24H28N4O2S. The molecule has 2 aliphatic heterocycles. The van der Waals surface area contributed by atoms with E-state index in [2.05, 4.69) is 51.1 Å². The lowest BCUT2D eigenvalue weighted by Crippen LogP contribution is -2.58. The first kappa shape index (κ1) is 20.3. The number of rotatable bonds is 6. The summed E-state index contributed by atoms with van der Waals surface area (Å²) in [4.78, 5) is 24.5. The molecule has 3 heterocycles. The smallest absolute Gasteiger partial charge is 0.229 e. The average Bonchev–Trinajstić information content (AvgIpc) is 3.21. The number of ether oxygens (including phenoxy) is 1. The molecule has 0 radical (unpaired) electrons. The summed E-state index contributed by atoms with van der Waals surface area (Å²) in [6, 6.07) is 16.6. The quantitative estimate of drug-likeness (QED) is 0.594. The second-order valence-corrected chi connectivity index (χ2v) is 9.32. The molecule has 0 bridgehead atoms. The fraction of sp³-hybridized carbons (Fsp3) is 0.417. The zero-order chi connectivity index (χ0) is 21.2. The maximum absolute atomic E-state index is 13.0. The minimum atomic E-state index is 0.0878. The van der Waals surface area contributed by atoms with Gasteiger partial charge >= 0.3 is 0 Å². The highest BCUT2D eigenvalue weighted by atomic mass is 32.1. The number of nitrogens with zero attached hydrogens (tertiary/aromatic N) is 4. The SMILES string of the molecule is COc1cccc2sc(N3CC(C(=O)N4CCN(CCc5ccccc5)CC4)C3)nc12. The highest BCUT2D eigenvalue weighted by Gasteiger charge is 2.37. The summed E-state index contributed by atoms with van der Waals surface area (Å²) >= 11 is 1.67. The number of benzene rings is 2. The predicted molar refractivity (Wildman–Crippen MR) is 125 cm³/mol. The van der Waals surface area contributed by atoms with Crippen molar-refractivity contribution >= 4 is 32.6 Å². The van der Waals surface area contributed by atoms with Gasteiger partial charge in [-0.05, 0) is 24.1 Å². The van der Waals surface area contributed by atoms with Crippen LogP contribution in [-0.2, 0) is 11.2 Å². The third kappa shape index (κ3) is 4.25. The van der Waals surface area contributed by atoms with E-state index in [-0.39, 0.29) is 5.92 Å². The van der Waals surface area contributed by atoms with Crippen LogP contribution in [0.4, 0.5) is 5.13 Å². The first-order valence-electron chi connectivity index (χ1n) is 10.9. The normalized spacial score (nSPS) is 17.7. The van der Waals surface area contributed by atoms with Crippen LogP contribution in [0.1, 0.15) is 5.56 Å². The number of fused-ring (bicyclic) bond motifs is 1. The number of aromatic nitrogens is 1. The molecule has 0 spiro atoms. The lowest BCUT2D eigenvalue weighted by atomic mass is 9.99. The van der Waals surface area contributed by atoms with Gasteiger partial charge in [0, 0.05) is 45.8 Å². The monoisotopic (exact) mass is 436 g/mol. The van der Waals surface area contributed by atoms with Crippen LogP contribution in [-0.4, -0.2) is 73.6 Å². The van der Waals surface area contributed by atoms with E-state index in [9.17, 15) is 4.79 Å². The summed E-state index contributed by atoms with van der Waals surface area (Å²) in [6.07, 6.45) is 1.07. The summed E-state index contributed by atoms with van der Waals surface area (Å²) in [5.41, 5.74) is 2.29. The van der Waals surface area contributed by atoms with Crippen molar-refractivity contribution in [1.82, 2.24) is 14.8 Å². The van der Waals surface area contributed by atoms with E-state index in [1.165, 1.54) is 5.56 Å². The number of hydrogen-bond donors (Lipinski definition) is 0. The Balaban J connectivity index is 1.10.